The highest BCUT2D eigenvalue weighted by Gasteiger charge is 2.63. The van der Waals surface area contributed by atoms with E-state index in [-0.39, 0.29) is 16.9 Å². The molecule has 0 spiro atoms. The first kappa shape index (κ1) is 15.9. The van der Waals surface area contributed by atoms with Gasteiger partial charge in [-0.3, -0.25) is 4.79 Å². The van der Waals surface area contributed by atoms with E-state index in [1.165, 1.54) is 24.8 Å². The van der Waals surface area contributed by atoms with Crippen LogP contribution in [0.25, 0.3) is 0 Å². The van der Waals surface area contributed by atoms with E-state index < -0.39 is 0 Å². The molecule has 0 aromatic carbocycles. The van der Waals surface area contributed by atoms with E-state index in [2.05, 4.69) is 27.7 Å². The first-order valence-corrected chi connectivity index (χ1v) is 9.61. The normalized spacial score (nSPS) is 51.5. The maximum atomic E-state index is 11.9. The molecule has 128 valence electrons. The Bertz CT molecular complexity index is 574. The molecule has 3 saturated carbocycles. The van der Waals surface area contributed by atoms with Gasteiger partial charge in [0.1, 0.15) is 0 Å². The van der Waals surface area contributed by atoms with Crippen LogP contribution in [0.5, 0.6) is 0 Å². The van der Waals surface area contributed by atoms with Crippen LogP contribution in [0.4, 0.5) is 0 Å². The Morgan fingerprint density at radius 3 is 2.57 bits per heavy atom. The third-order valence-corrected chi connectivity index (χ3v) is 8.91. The minimum atomic E-state index is -0.208. The molecule has 4 aliphatic rings. The molecule has 2 nitrogen and oxygen atoms in total. The highest BCUT2D eigenvalue weighted by molar-refractivity contribution is 5.91. The molecule has 0 amide bonds. The van der Waals surface area contributed by atoms with Crippen molar-refractivity contribution in [2.45, 2.75) is 78.7 Å². The maximum Gasteiger partial charge on any atom is 0.155 e. The van der Waals surface area contributed by atoms with Gasteiger partial charge < -0.3 is 5.11 Å². The van der Waals surface area contributed by atoms with Gasteiger partial charge in [0.25, 0.3) is 0 Å². The lowest BCUT2D eigenvalue weighted by molar-refractivity contribution is -0.143. The summed E-state index contributed by atoms with van der Waals surface area (Å²) in [6.45, 7) is 9.61. The lowest BCUT2D eigenvalue weighted by atomic mass is 9.44. The monoisotopic (exact) mass is 316 g/mol. The average Bonchev–Trinajstić information content (AvgIpc) is 2.69. The molecule has 0 radical (unpaired) electrons. The van der Waals surface area contributed by atoms with Crippen molar-refractivity contribution in [1.82, 2.24) is 0 Å². The molecule has 6 unspecified atom stereocenters. The Kier molecular flexibility index (Phi) is 3.25. The number of rotatable bonds is 0. The second kappa shape index (κ2) is 4.71. The molecule has 6 atom stereocenters. The number of hydrogen-bond donors (Lipinski definition) is 1. The first-order chi connectivity index (χ1) is 10.7. The van der Waals surface area contributed by atoms with Gasteiger partial charge in [-0.1, -0.05) is 33.3 Å². The summed E-state index contributed by atoms with van der Waals surface area (Å²) in [5.41, 5.74) is 2.01. The summed E-state index contributed by atoms with van der Waals surface area (Å²) in [5.74, 6) is 2.05. The van der Waals surface area contributed by atoms with Crippen LogP contribution < -0.4 is 0 Å². The fourth-order valence-corrected chi connectivity index (χ4v) is 7.15. The van der Waals surface area contributed by atoms with Crippen LogP contribution in [0.2, 0.25) is 0 Å². The van der Waals surface area contributed by atoms with Gasteiger partial charge in [-0.2, -0.15) is 0 Å². The van der Waals surface area contributed by atoms with Crippen LogP contribution in [-0.4, -0.2) is 17.0 Å². The van der Waals surface area contributed by atoms with E-state index in [1.54, 1.807) is 0 Å². The predicted molar refractivity (Wildman–Crippen MR) is 91.9 cm³/mol. The number of hydrogen-bond acceptors (Lipinski definition) is 2. The van der Waals surface area contributed by atoms with Gasteiger partial charge in [-0.05, 0) is 78.6 Å². The van der Waals surface area contributed by atoms with Gasteiger partial charge in [0.2, 0.25) is 0 Å². The fourth-order valence-electron chi connectivity index (χ4n) is 7.15. The largest absolute Gasteiger partial charge is 0.393 e. The highest BCUT2D eigenvalue weighted by atomic mass is 16.3. The second-order valence-electron chi connectivity index (χ2n) is 10.00. The van der Waals surface area contributed by atoms with Gasteiger partial charge >= 0.3 is 0 Å². The average molecular weight is 316 g/mol. The molecule has 0 aliphatic heterocycles. The molecule has 3 fully saturated rings. The van der Waals surface area contributed by atoms with Crippen molar-refractivity contribution in [2.24, 2.45) is 34.0 Å². The van der Waals surface area contributed by atoms with Crippen molar-refractivity contribution in [3.63, 3.8) is 0 Å². The Balaban J connectivity index is 1.75. The minimum absolute atomic E-state index is 0.0598. The van der Waals surface area contributed by atoms with Crippen molar-refractivity contribution in [3.05, 3.63) is 11.6 Å². The zero-order valence-corrected chi connectivity index (χ0v) is 15.2. The van der Waals surface area contributed by atoms with Crippen LogP contribution in [0.3, 0.4) is 0 Å². The van der Waals surface area contributed by atoms with E-state index in [1.807, 2.05) is 6.08 Å². The lowest BCUT2D eigenvalue weighted by Crippen LogP contribution is -2.57. The van der Waals surface area contributed by atoms with Gasteiger partial charge in [-0.15, -0.1) is 0 Å². The van der Waals surface area contributed by atoms with E-state index in [4.69, 9.17) is 0 Å². The smallest absolute Gasteiger partial charge is 0.155 e. The van der Waals surface area contributed by atoms with E-state index in [0.717, 1.165) is 25.2 Å². The number of allylic oxidation sites excluding steroid dienone is 1. The van der Waals surface area contributed by atoms with Crippen molar-refractivity contribution in [2.75, 3.05) is 0 Å². The Morgan fingerprint density at radius 1 is 1.09 bits per heavy atom. The van der Waals surface area contributed by atoms with Crippen molar-refractivity contribution in [3.8, 4) is 0 Å². The molecule has 23 heavy (non-hydrogen) atoms. The van der Waals surface area contributed by atoms with Gasteiger partial charge in [0.05, 0.1) is 6.10 Å². The van der Waals surface area contributed by atoms with Crippen molar-refractivity contribution in [1.29, 1.82) is 0 Å². The molecule has 1 N–H and O–H groups in total. The van der Waals surface area contributed by atoms with Crippen molar-refractivity contribution >= 4 is 5.78 Å². The summed E-state index contributed by atoms with van der Waals surface area (Å²) >= 11 is 0. The standard InChI is InChI=1S/C21H32O2/c1-19(2)9-8-16-15-6-5-13-11-14(22)7-10-20(13,3)18(15)17(23)12-21(16,19)4/h11,15-18,23H,5-10,12H2,1-4H3. The highest BCUT2D eigenvalue weighted by Crippen LogP contribution is 2.69. The Labute approximate surface area is 140 Å². The van der Waals surface area contributed by atoms with E-state index >= 15 is 0 Å². The first-order valence-electron chi connectivity index (χ1n) is 9.61. The molecule has 0 heterocycles. The van der Waals surface area contributed by atoms with Crippen LogP contribution in [-0.2, 0) is 4.79 Å². The molecule has 0 aromatic rings. The SMILES string of the molecule is CC12CCC(=O)C=C1CCC1C2C(O)CC2(C)C1CCC2(C)C. The van der Waals surface area contributed by atoms with Crippen LogP contribution in [0.15, 0.2) is 11.6 Å². The fraction of sp³-hybridized carbons (Fsp3) is 0.857. The summed E-state index contributed by atoms with van der Waals surface area (Å²) in [6, 6.07) is 0. The predicted octanol–water partition coefficient (Wildman–Crippen LogP) is 4.52. The molecule has 0 aromatic heterocycles. The number of fused-ring (bicyclic) bond motifs is 5. The van der Waals surface area contributed by atoms with Crippen LogP contribution in [0.1, 0.15) is 72.6 Å². The topological polar surface area (TPSA) is 37.3 Å². The number of carbonyl (C=O) groups excluding carboxylic acids is 1. The zero-order chi connectivity index (χ0) is 16.6. The molecule has 0 bridgehead atoms. The molecule has 4 aliphatic carbocycles. The van der Waals surface area contributed by atoms with Gasteiger partial charge in [-0.25, -0.2) is 0 Å². The lowest BCUT2D eigenvalue weighted by Gasteiger charge is -2.61. The summed E-state index contributed by atoms with van der Waals surface area (Å²) in [7, 11) is 0. The van der Waals surface area contributed by atoms with Crippen molar-refractivity contribution < 1.29 is 9.90 Å². The molecular formula is C21H32O2. The molecule has 0 saturated heterocycles. The third kappa shape index (κ3) is 1.94. The van der Waals surface area contributed by atoms with E-state index in [9.17, 15) is 9.90 Å². The van der Waals surface area contributed by atoms with Gasteiger partial charge in [0, 0.05) is 6.42 Å². The second-order valence-corrected chi connectivity index (χ2v) is 10.00. The summed E-state index contributed by atoms with van der Waals surface area (Å²) in [5, 5.41) is 11.2. The summed E-state index contributed by atoms with van der Waals surface area (Å²) in [6.07, 6.45) is 9.15. The minimum Gasteiger partial charge on any atom is -0.393 e. The number of carbonyl (C=O) groups is 1. The van der Waals surface area contributed by atoms with Gasteiger partial charge in [0.15, 0.2) is 5.78 Å². The summed E-state index contributed by atoms with van der Waals surface area (Å²) in [4.78, 5) is 11.9. The third-order valence-electron chi connectivity index (χ3n) is 8.91. The maximum absolute atomic E-state index is 11.9. The molecule has 4 rings (SSSR count). The molecule has 2 heteroatoms. The number of aliphatic hydroxyl groups is 1. The number of aliphatic hydroxyl groups excluding tert-OH is 1. The van der Waals surface area contributed by atoms with E-state index in [0.29, 0.717) is 29.5 Å². The zero-order valence-electron chi connectivity index (χ0n) is 15.2. The van der Waals surface area contributed by atoms with Crippen LogP contribution in [0, 0.1) is 34.0 Å². The van der Waals surface area contributed by atoms with Crippen LogP contribution >= 0.6 is 0 Å². The summed E-state index contributed by atoms with van der Waals surface area (Å²) < 4.78 is 0. The number of ketones is 1. The Morgan fingerprint density at radius 2 is 1.83 bits per heavy atom. The quantitative estimate of drug-likeness (QED) is 0.713. The Hall–Kier alpha value is -0.630. The molecular weight excluding hydrogens is 284 g/mol.